The second-order valence-corrected chi connectivity index (χ2v) is 6.32. The highest BCUT2D eigenvalue weighted by molar-refractivity contribution is 9.10. The van der Waals surface area contributed by atoms with Gasteiger partial charge in [0.05, 0.1) is 6.61 Å². The lowest BCUT2D eigenvalue weighted by atomic mass is 9.90. The zero-order valence-corrected chi connectivity index (χ0v) is 13.7. The van der Waals surface area contributed by atoms with Crippen LogP contribution in [-0.4, -0.2) is 19.8 Å². The molecule has 0 amide bonds. The Labute approximate surface area is 125 Å². The van der Waals surface area contributed by atoms with Crippen LogP contribution in [0.5, 0.6) is 0 Å². The highest BCUT2D eigenvalue weighted by Crippen LogP contribution is 2.32. The molecule has 0 radical (unpaired) electrons. The summed E-state index contributed by atoms with van der Waals surface area (Å²) in [4.78, 5) is 0. The molecule has 0 aliphatic carbocycles. The average molecular weight is 326 g/mol. The third kappa shape index (κ3) is 3.59. The molecule has 1 aliphatic rings. The Morgan fingerprint density at radius 1 is 1.37 bits per heavy atom. The van der Waals surface area contributed by atoms with Gasteiger partial charge in [-0.15, -0.1) is 0 Å². The van der Waals surface area contributed by atoms with Crippen LogP contribution in [0.2, 0.25) is 0 Å². The third-order valence-corrected chi connectivity index (χ3v) is 5.12. The molecule has 1 heterocycles. The number of hydrogen-bond donors (Lipinski definition) is 1. The molecule has 0 saturated carbocycles. The molecule has 106 valence electrons. The third-order valence-electron chi connectivity index (χ3n) is 3.87. The summed E-state index contributed by atoms with van der Waals surface area (Å²) < 4.78 is 6.80. The highest BCUT2D eigenvalue weighted by Gasteiger charge is 2.27. The molecular formula is C16H24BrNO. The van der Waals surface area contributed by atoms with Crippen LogP contribution in [0.4, 0.5) is 0 Å². The van der Waals surface area contributed by atoms with Gasteiger partial charge in [0.1, 0.15) is 0 Å². The van der Waals surface area contributed by atoms with E-state index in [1.165, 1.54) is 27.6 Å². The highest BCUT2D eigenvalue weighted by atomic mass is 79.9. The summed E-state index contributed by atoms with van der Waals surface area (Å²) in [5.74, 6) is 0.603. The lowest BCUT2D eigenvalue weighted by Gasteiger charge is -2.25. The van der Waals surface area contributed by atoms with Crippen LogP contribution in [0.25, 0.3) is 0 Å². The molecule has 1 aromatic carbocycles. The summed E-state index contributed by atoms with van der Waals surface area (Å²) in [7, 11) is 0. The van der Waals surface area contributed by atoms with E-state index >= 15 is 0 Å². The first-order valence-corrected chi connectivity index (χ1v) is 8.00. The molecule has 1 N–H and O–H groups in total. The van der Waals surface area contributed by atoms with E-state index < -0.39 is 0 Å². The number of benzene rings is 1. The van der Waals surface area contributed by atoms with Crippen LogP contribution in [0.3, 0.4) is 0 Å². The maximum atomic E-state index is 5.57. The molecule has 2 atom stereocenters. The van der Waals surface area contributed by atoms with E-state index in [1.54, 1.807) is 0 Å². The molecule has 1 saturated heterocycles. The molecule has 1 aromatic rings. The Morgan fingerprint density at radius 3 is 2.58 bits per heavy atom. The number of aryl methyl sites for hydroxylation is 2. The summed E-state index contributed by atoms with van der Waals surface area (Å²) in [5, 5.41) is 3.71. The number of ether oxygens (including phenoxy) is 1. The summed E-state index contributed by atoms with van der Waals surface area (Å²) in [6.07, 6.45) is 2.33. The van der Waals surface area contributed by atoms with Crippen molar-refractivity contribution in [2.24, 2.45) is 5.92 Å². The van der Waals surface area contributed by atoms with Crippen LogP contribution < -0.4 is 5.32 Å². The van der Waals surface area contributed by atoms with Crippen molar-refractivity contribution in [3.8, 4) is 0 Å². The fourth-order valence-corrected chi connectivity index (χ4v) is 3.06. The topological polar surface area (TPSA) is 21.3 Å². The van der Waals surface area contributed by atoms with E-state index in [-0.39, 0.29) is 0 Å². The summed E-state index contributed by atoms with van der Waals surface area (Å²) in [6.45, 7) is 9.41. The van der Waals surface area contributed by atoms with Gasteiger partial charge in [-0.1, -0.05) is 35.0 Å². The van der Waals surface area contributed by atoms with Crippen LogP contribution in [0.1, 0.15) is 42.5 Å². The average Bonchev–Trinajstić information content (AvgIpc) is 2.90. The molecule has 2 rings (SSSR count). The molecule has 1 aliphatic heterocycles. The van der Waals surface area contributed by atoms with E-state index in [0.717, 1.165) is 26.2 Å². The number of rotatable bonds is 5. The van der Waals surface area contributed by atoms with Gasteiger partial charge < -0.3 is 10.1 Å². The van der Waals surface area contributed by atoms with Crippen molar-refractivity contribution in [3.05, 3.63) is 33.3 Å². The van der Waals surface area contributed by atoms with Crippen LogP contribution >= 0.6 is 15.9 Å². The molecule has 1 fully saturated rings. The van der Waals surface area contributed by atoms with Gasteiger partial charge in [0.15, 0.2) is 0 Å². The first-order valence-electron chi connectivity index (χ1n) is 7.21. The summed E-state index contributed by atoms with van der Waals surface area (Å²) in [6, 6.07) is 5.04. The lowest BCUT2D eigenvalue weighted by Crippen LogP contribution is -2.29. The van der Waals surface area contributed by atoms with Crippen molar-refractivity contribution in [1.29, 1.82) is 0 Å². The van der Waals surface area contributed by atoms with Gasteiger partial charge in [0.2, 0.25) is 0 Å². The first kappa shape index (κ1) is 15.0. The quantitative estimate of drug-likeness (QED) is 0.878. The molecule has 2 unspecified atom stereocenters. The number of nitrogens with one attached hydrogen (secondary N) is 1. The van der Waals surface area contributed by atoms with Crippen LogP contribution in [-0.2, 0) is 4.74 Å². The SMILES string of the molecule is CCCNC(c1cc(C)c(Br)c(C)c1)C1CCOC1. The van der Waals surface area contributed by atoms with Gasteiger partial charge >= 0.3 is 0 Å². The van der Waals surface area contributed by atoms with E-state index in [9.17, 15) is 0 Å². The minimum atomic E-state index is 0.424. The Balaban J connectivity index is 2.26. The second kappa shape index (κ2) is 6.87. The summed E-state index contributed by atoms with van der Waals surface area (Å²) >= 11 is 3.65. The minimum absolute atomic E-state index is 0.424. The van der Waals surface area contributed by atoms with E-state index in [4.69, 9.17) is 4.74 Å². The summed E-state index contributed by atoms with van der Waals surface area (Å²) in [5.41, 5.74) is 4.04. The second-order valence-electron chi connectivity index (χ2n) is 5.52. The van der Waals surface area contributed by atoms with Crippen LogP contribution in [0, 0.1) is 19.8 Å². The Kier molecular flexibility index (Phi) is 5.43. The van der Waals surface area contributed by atoms with E-state index in [1.807, 2.05) is 0 Å². The van der Waals surface area contributed by atoms with Crippen molar-refractivity contribution in [2.75, 3.05) is 19.8 Å². The van der Waals surface area contributed by atoms with E-state index in [0.29, 0.717) is 12.0 Å². The fourth-order valence-electron chi connectivity index (χ4n) is 2.83. The number of halogens is 1. The van der Waals surface area contributed by atoms with Crippen molar-refractivity contribution < 1.29 is 4.74 Å². The Bertz CT molecular complexity index is 404. The van der Waals surface area contributed by atoms with E-state index in [2.05, 4.69) is 54.2 Å². The normalized spacial score (nSPS) is 20.7. The van der Waals surface area contributed by atoms with Gasteiger partial charge in [0.25, 0.3) is 0 Å². The standard InChI is InChI=1S/C16H24BrNO/c1-4-6-18-16(13-5-7-19-10-13)14-8-11(2)15(17)12(3)9-14/h8-9,13,16,18H,4-7,10H2,1-3H3. The van der Waals surface area contributed by atoms with Gasteiger partial charge in [0, 0.05) is 23.0 Å². The Morgan fingerprint density at radius 2 is 2.05 bits per heavy atom. The fraction of sp³-hybridized carbons (Fsp3) is 0.625. The zero-order chi connectivity index (χ0) is 13.8. The Hall–Kier alpha value is -0.380. The molecule has 0 spiro atoms. The van der Waals surface area contributed by atoms with Crippen molar-refractivity contribution in [3.63, 3.8) is 0 Å². The maximum Gasteiger partial charge on any atom is 0.0513 e. The number of hydrogen-bond acceptors (Lipinski definition) is 2. The predicted molar refractivity (Wildman–Crippen MR) is 83.6 cm³/mol. The van der Waals surface area contributed by atoms with Gasteiger partial charge in [-0.05, 0) is 49.9 Å². The van der Waals surface area contributed by atoms with Gasteiger partial charge in [-0.2, -0.15) is 0 Å². The maximum absolute atomic E-state index is 5.57. The van der Waals surface area contributed by atoms with Crippen LogP contribution in [0.15, 0.2) is 16.6 Å². The molecule has 0 bridgehead atoms. The zero-order valence-electron chi connectivity index (χ0n) is 12.1. The largest absolute Gasteiger partial charge is 0.381 e. The van der Waals surface area contributed by atoms with Crippen molar-refractivity contribution in [2.45, 2.75) is 39.7 Å². The molecule has 2 nitrogen and oxygen atoms in total. The van der Waals surface area contributed by atoms with Gasteiger partial charge in [-0.3, -0.25) is 0 Å². The molecule has 19 heavy (non-hydrogen) atoms. The smallest absolute Gasteiger partial charge is 0.0513 e. The molecular weight excluding hydrogens is 302 g/mol. The lowest BCUT2D eigenvalue weighted by molar-refractivity contribution is 0.176. The minimum Gasteiger partial charge on any atom is -0.381 e. The molecule has 0 aromatic heterocycles. The van der Waals surface area contributed by atoms with Crippen molar-refractivity contribution in [1.82, 2.24) is 5.32 Å². The first-order chi connectivity index (χ1) is 9.13. The van der Waals surface area contributed by atoms with Gasteiger partial charge in [-0.25, -0.2) is 0 Å². The molecule has 3 heteroatoms. The predicted octanol–water partition coefficient (Wildman–Crippen LogP) is 4.14. The monoisotopic (exact) mass is 325 g/mol. The van der Waals surface area contributed by atoms with Crippen molar-refractivity contribution >= 4 is 15.9 Å².